The van der Waals surface area contributed by atoms with E-state index in [4.69, 9.17) is 5.73 Å². The van der Waals surface area contributed by atoms with Crippen LogP contribution in [0, 0.1) is 5.82 Å². The zero-order chi connectivity index (χ0) is 10.0. The van der Waals surface area contributed by atoms with E-state index < -0.39 is 17.9 Å². The highest BCUT2D eigenvalue weighted by Crippen LogP contribution is 2.24. The molecule has 0 amide bonds. The second kappa shape index (κ2) is 4.06. The molecule has 0 spiro atoms. The van der Waals surface area contributed by atoms with Crippen LogP contribution < -0.4 is 5.73 Å². The fourth-order valence-electron chi connectivity index (χ4n) is 0.817. The molecule has 0 radical (unpaired) electrons. The van der Waals surface area contributed by atoms with Gasteiger partial charge in [0.15, 0.2) is 5.82 Å². The maximum atomic E-state index is 12.8. The van der Waals surface area contributed by atoms with Gasteiger partial charge in [0.25, 0.3) is 6.43 Å². The molecule has 1 heterocycles. The van der Waals surface area contributed by atoms with Crippen molar-refractivity contribution in [2.75, 3.05) is 0 Å². The summed E-state index contributed by atoms with van der Waals surface area (Å²) >= 11 is 2.96. The molecule has 0 saturated heterocycles. The van der Waals surface area contributed by atoms with Gasteiger partial charge in [-0.25, -0.2) is 18.2 Å². The van der Waals surface area contributed by atoms with Crippen molar-refractivity contribution in [3.8, 4) is 0 Å². The van der Waals surface area contributed by atoms with Crippen molar-refractivity contribution in [1.29, 1.82) is 0 Å². The fraction of sp³-hybridized carbons (Fsp3) is 0.286. The van der Waals surface area contributed by atoms with E-state index in [1.165, 1.54) is 0 Å². The standard InChI is InChI=1S/C7H6BrF3N2/c8-3-1-4(9)6(7(10)11)13-5(3)2-12/h1,7H,2,12H2. The van der Waals surface area contributed by atoms with Crippen LogP contribution in [0.25, 0.3) is 0 Å². The van der Waals surface area contributed by atoms with Crippen LogP contribution in [0.2, 0.25) is 0 Å². The predicted octanol–water partition coefficient (Wildman–Crippen LogP) is 2.38. The van der Waals surface area contributed by atoms with Crippen LogP contribution in [0.3, 0.4) is 0 Å². The van der Waals surface area contributed by atoms with E-state index in [1.807, 2.05) is 0 Å². The summed E-state index contributed by atoms with van der Waals surface area (Å²) in [4.78, 5) is 3.39. The summed E-state index contributed by atoms with van der Waals surface area (Å²) in [6.07, 6.45) is -2.92. The van der Waals surface area contributed by atoms with Gasteiger partial charge in [-0.3, -0.25) is 0 Å². The first-order chi connectivity index (χ1) is 6.06. The van der Waals surface area contributed by atoms with Crippen LogP contribution in [0.5, 0.6) is 0 Å². The Bertz CT molecular complexity index is 317. The quantitative estimate of drug-likeness (QED) is 0.881. The van der Waals surface area contributed by atoms with Crippen LogP contribution in [0.1, 0.15) is 17.8 Å². The van der Waals surface area contributed by atoms with Crippen molar-refractivity contribution in [3.05, 3.63) is 27.7 Å². The summed E-state index contributed by atoms with van der Waals surface area (Å²) in [5, 5.41) is 0. The van der Waals surface area contributed by atoms with Crippen molar-refractivity contribution in [1.82, 2.24) is 4.98 Å². The maximum Gasteiger partial charge on any atom is 0.283 e. The molecule has 1 aromatic rings. The molecule has 72 valence electrons. The zero-order valence-electron chi connectivity index (χ0n) is 6.40. The molecule has 0 unspecified atom stereocenters. The molecule has 2 nitrogen and oxygen atoms in total. The summed E-state index contributed by atoms with van der Waals surface area (Å²) in [5.41, 5.74) is 4.57. The van der Waals surface area contributed by atoms with E-state index in [9.17, 15) is 13.2 Å². The van der Waals surface area contributed by atoms with Crippen LogP contribution in [0.15, 0.2) is 10.5 Å². The number of nitrogens with two attached hydrogens (primary N) is 1. The zero-order valence-corrected chi connectivity index (χ0v) is 7.98. The molecule has 0 saturated carbocycles. The average Bonchev–Trinajstić information content (AvgIpc) is 2.03. The maximum absolute atomic E-state index is 12.8. The van der Waals surface area contributed by atoms with Crippen LogP contribution in [-0.2, 0) is 6.54 Å². The van der Waals surface area contributed by atoms with Crippen LogP contribution in [0.4, 0.5) is 13.2 Å². The summed E-state index contributed by atoms with van der Waals surface area (Å²) in [7, 11) is 0. The Kier molecular flexibility index (Phi) is 3.27. The number of halogens is 4. The second-order valence-electron chi connectivity index (χ2n) is 2.29. The third-order valence-corrected chi connectivity index (χ3v) is 2.12. The molecular formula is C7H6BrF3N2. The van der Waals surface area contributed by atoms with E-state index in [1.54, 1.807) is 0 Å². The Morgan fingerprint density at radius 3 is 2.62 bits per heavy atom. The lowest BCUT2D eigenvalue weighted by Crippen LogP contribution is -2.05. The number of hydrogen-bond acceptors (Lipinski definition) is 2. The highest BCUT2D eigenvalue weighted by atomic mass is 79.9. The van der Waals surface area contributed by atoms with Gasteiger partial charge in [0.2, 0.25) is 0 Å². The van der Waals surface area contributed by atoms with Gasteiger partial charge in [-0.2, -0.15) is 0 Å². The Morgan fingerprint density at radius 2 is 2.15 bits per heavy atom. The number of aromatic nitrogens is 1. The molecule has 0 fully saturated rings. The van der Waals surface area contributed by atoms with Gasteiger partial charge in [-0.1, -0.05) is 0 Å². The van der Waals surface area contributed by atoms with Crippen LogP contribution >= 0.6 is 15.9 Å². The third-order valence-electron chi connectivity index (χ3n) is 1.43. The minimum absolute atomic E-state index is 0.0133. The molecule has 1 rings (SSSR count). The van der Waals surface area contributed by atoms with Gasteiger partial charge in [-0.05, 0) is 22.0 Å². The van der Waals surface area contributed by atoms with Gasteiger partial charge in [-0.15, -0.1) is 0 Å². The molecule has 13 heavy (non-hydrogen) atoms. The molecule has 0 atom stereocenters. The first kappa shape index (κ1) is 10.5. The second-order valence-corrected chi connectivity index (χ2v) is 3.14. The van der Waals surface area contributed by atoms with Crippen molar-refractivity contribution >= 4 is 15.9 Å². The average molecular weight is 255 g/mol. The Labute approximate surface area is 81.1 Å². The smallest absolute Gasteiger partial charge is 0.283 e. The Balaban J connectivity index is 3.22. The molecule has 0 aliphatic rings. The molecule has 0 aliphatic carbocycles. The van der Waals surface area contributed by atoms with Crippen molar-refractivity contribution in [3.63, 3.8) is 0 Å². The molecular weight excluding hydrogens is 249 g/mol. The van der Waals surface area contributed by atoms with Gasteiger partial charge >= 0.3 is 0 Å². The normalized spacial score (nSPS) is 10.9. The monoisotopic (exact) mass is 254 g/mol. The SMILES string of the molecule is NCc1nc(C(F)F)c(F)cc1Br. The summed E-state index contributed by atoms with van der Waals surface area (Å²) < 4.78 is 37.3. The van der Waals surface area contributed by atoms with Crippen molar-refractivity contribution in [2.45, 2.75) is 13.0 Å². The van der Waals surface area contributed by atoms with Crippen LogP contribution in [-0.4, -0.2) is 4.98 Å². The molecule has 1 aromatic heterocycles. The highest BCUT2D eigenvalue weighted by molar-refractivity contribution is 9.10. The Morgan fingerprint density at radius 1 is 1.54 bits per heavy atom. The summed E-state index contributed by atoms with van der Waals surface area (Å²) in [6.45, 7) is -0.0133. The lowest BCUT2D eigenvalue weighted by atomic mass is 10.3. The predicted molar refractivity (Wildman–Crippen MR) is 44.7 cm³/mol. The van der Waals surface area contributed by atoms with Crippen molar-refractivity contribution < 1.29 is 13.2 Å². The summed E-state index contributed by atoms with van der Waals surface area (Å²) in [5.74, 6) is -1.03. The van der Waals surface area contributed by atoms with Gasteiger partial charge in [0, 0.05) is 11.0 Å². The van der Waals surface area contributed by atoms with Crippen molar-refractivity contribution in [2.24, 2.45) is 5.73 Å². The third kappa shape index (κ3) is 2.19. The van der Waals surface area contributed by atoms with Gasteiger partial charge in [0.1, 0.15) is 5.69 Å². The number of alkyl halides is 2. The van der Waals surface area contributed by atoms with E-state index in [0.29, 0.717) is 4.47 Å². The highest BCUT2D eigenvalue weighted by Gasteiger charge is 2.17. The van der Waals surface area contributed by atoms with E-state index in [-0.39, 0.29) is 12.2 Å². The lowest BCUT2D eigenvalue weighted by Gasteiger charge is -2.05. The largest absolute Gasteiger partial charge is 0.325 e. The minimum atomic E-state index is -2.92. The number of hydrogen-bond donors (Lipinski definition) is 1. The van der Waals surface area contributed by atoms with E-state index in [0.717, 1.165) is 6.07 Å². The molecule has 0 aromatic carbocycles. The molecule has 0 aliphatic heterocycles. The first-order valence-electron chi connectivity index (χ1n) is 3.39. The molecule has 6 heteroatoms. The number of rotatable bonds is 2. The lowest BCUT2D eigenvalue weighted by molar-refractivity contribution is 0.140. The molecule has 2 N–H and O–H groups in total. The minimum Gasteiger partial charge on any atom is -0.325 e. The Hall–Kier alpha value is -0.620. The molecule has 0 bridgehead atoms. The summed E-state index contributed by atoms with van der Waals surface area (Å²) in [6, 6.07) is 0.941. The number of nitrogens with zero attached hydrogens (tertiary/aromatic N) is 1. The van der Waals surface area contributed by atoms with Gasteiger partial charge in [0.05, 0.1) is 5.69 Å². The number of pyridine rings is 1. The topological polar surface area (TPSA) is 38.9 Å². The fourth-order valence-corrected chi connectivity index (χ4v) is 1.27. The van der Waals surface area contributed by atoms with E-state index in [2.05, 4.69) is 20.9 Å². The van der Waals surface area contributed by atoms with E-state index >= 15 is 0 Å². The van der Waals surface area contributed by atoms with Gasteiger partial charge < -0.3 is 5.73 Å². The first-order valence-corrected chi connectivity index (χ1v) is 4.18.